The van der Waals surface area contributed by atoms with Crippen LogP contribution in [0.1, 0.15) is 0 Å². The zero-order valence-corrected chi connectivity index (χ0v) is 5.18. The van der Waals surface area contributed by atoms with Gasteiger partial charge in [-0.1, -0.05) is 24.3 Å². The number of alkyl halides is 1. The molecule has 0 aromatic carbocycles. The van der Waals surface area contributed by atoms with Crippen LogP contribution < -0.4 is 0 Å². The Morgan fingerprint density at radius 3 is 2.00 bits per heavy atom. The lowest BCUT2D eigenvalue weighted by Crippen LogP contribution is -1.96. The van der Waals surface area contributed by atoms with E-state index in [1.54, 1.807) is 0 Å². The van der Waals surface area contributed by atoms with Crippen LogP contribution in [0, 0.1) is 12.8 Å². The topological polar surface area (TPSA) is 0 Å². The minimum atomic E-state index is 0.0507. The maximum Gasteiger partial charge on any atom is 0.0697 e. The Kier molecular flexibility index (Phi) is 1.74. The largest absolute Gasteiger partial charge is 0.114 e. The first-order valence-electron chi connectivity index (χ1n) is 2.55. The van der Waals surface area contributed by atoms with Gasteiger partial charge in [0.15, 0.2) is 0 Å². The second-order valence-electron chi connectivity index (χ2n) is 1.79. The summed E-state index contributed by atoms with van der Waals surface area (Å²) in [5.41, 5.74) is 0. The van der Waals surface area contributed by atoms with Gasteiger partial charge in [0.1, 0.15) is 0 Å². The monoisotopic (exact) mass is 126 g/mol. The number of allylic oxidation sites excluding steroid dienone is 4. The second-order valence-corrected chi connectivity index (χ2v) is 2.30. The highest BCUT2D eigenvalue weighted by molar-refractivity contribution is 6.23. The molecule has 0 spiro atoms. The van der Waals surface area contributed by atoms with Crippen molar-refractivity contribution in [2.24, 2.45) is 5.92 Å². The van der Waals surface area contributed by atoms with Crippen molar-refractivity contribution in [2.75, 3.05) is 0 Å². The SMILES string of the molecule is [CH]C1C=CC(Cl)C=C1. The molecule has 1 rings (SSSR count). The summed E-state index contributed by atoms with van der Waals surface area (Å²) in [5.74, 6) is 0.0741. The maximum absolute atomic E-state index is 5.65. The first-order chi connectivity index (χ1) is 3.79. The van der Waals surface area contributed by atoms with E-state index < -0.39 is 0 Å². The summed E-state index contributed by atoms with van der Waals surface area (Å²) in [6.45, 7) is 5.46. The molecule has 8 heavy (non-hydrogen) atoms. The molecule has 42 valence electrons. The van der Waals surface area contributed by atoms with Gasteiger partial charge >= 0.3 is 0 Å². The van der Waals surface area contributed by atoms with Gasteiger partial charge in [-0.05, 0) is 12.8 Å². The van der Waals surface area contributed by atoms with Crippen LogP contribution in [0.4, 0.5) is 0 Å². The minimum Gasteiger partial charge on any atom is -0.114 e. The van der Waals surface area contributed by atoms with Crippen LogP contribution in [0.2, 0.25) is 0 Å². The quantitative estimate of drug-likeness (QED) is 0.344. The highest BCUT2D eigenvalue weighted by atomic mass is 35.5. The van der Waals surface area contributed by atoms with E-state index >= 15 is 0 Å². The van der Waals surface area contributed by atoms with Gasteiger partial charge < -0.3 is 0 Å². The molecule has 2 radical (unpaired) electrons. The molecule has 0 unspecified atom stereocenters. The Bertz CT molecular complexity index is 96.3. The number of rotatable bonds is 0. The van der Waals surface area contributed by atoms with Crippen molar-refractivity contribution in [3.8, 4) is 0 Å². The summed E-state index contributed by atoms with van der Waals surface area (Å²) in [6.07, 6.45) is 7.54. The fourth-order valence-corrected chi connectivity index (χ4v) is 0.765. The Labute approximate surface area is 54.8 Å². The van der Waals surface area contributed by atoms with E-state index in [2.05, 4.69) is 0 Å². The van der Waals surface area contributed by atoms with Crippen LogP contribution in [0.25, 0.3) is 0 Å². The van der Waals surface area contributed by atoms with Crippen molar-refractivity contribution in [1.29, 1.82) is 0 Å². The predicted octanol–water partition coefficient (Wildman–Crippen LogP) is 2.05. The Balaban J connectivity index is 2.54. The lowest BCUT2D eigenvalue weighted by atomic mass is 10.1. The smallest absolute Gasteiger partial charge is 0.0697 e. The zero-order chi connectivity index (χ0) is 5.98. The third-order valence-corrected chi connectivity index (χ3v) is 1.33. The summed E-state index contributed by atoms with van der Waals surface area (Å²) < 4.78 is 0. The van der Waals surface area contributed by atoms with Crippen molar-refractivity contribution in [1.82, 2.24) is 0 Å². The van der Waals surface area contributed by atoms with Gasteiger partial charge in [-0.25, -0.2) is 0 Å². The molecular formula is C7H7Cl. The lowest BCUT2D eigenvalue weighted by Gasteiger charge is -2.05. The molecule has 1 heteroatoms. The number of hydrogen-bond donors (Lipinski definition) is 0. The molecule has 1 aliphatic rings. The van der Waals surface area contributed by atoms with E-state index in [1.807, 2.05) is 24.3 Å². The Hall–Kier alpha value is -0.230. The third kappa shape index (κ3) is 1.38. The lowest BCUT2D eigenvalue weighted by molar-refractivity contribution is 1.02. The summed E-state index contributed by atoms with van der Waals surface area (Å²) in [7, 11) is 0. The van der Waals surface area contributed by atoms with Gasteiger partial charge in [-0.3, -0.25) is 0 Å². The molecule has 0 bridgehead atoms. The molecule has 0 saturated heterocycles. The normalized spacial score (nSPS) is 35.8. The van der Waals surface area contributed by atoms with E-state index in [1.165, 1.54) is 0 Å². The highest BCUT2D eigenvalue weighted by Gasteiger charge is 2.00. The average Bonchev–Trinajstić information content (AvgIpc) is 1.77. The molecule has 0 N–H and O–H groups in total. The zero-order valence-electron chi connectivity index (χ0n) is 4.42. The van der Waals surface area contributed by atoms with Gasteiger partial charge in [0, 0.05) is 0 Å². The molecule has 0 atom stereocenters. The number of halogens is 1. The van der Waals surface area contributed by atoms with Crippen molar-refractivity contribution in [3.63, 3.8) is 0 Å². The summed E-state index contributed by atoms with van der Waals surface area (Å²) in [4.78, 5) is 0. The molecule has 0 saturated carbocycles. The molecule has 0 fully saturated rings. The van der Waals surface area contributed by atoms with Crippen molar-refractivity contribution in [2.45, 2.75) is 5.38 Å². The standard InChI is InChI=1S/C7H7Cl/c1-6-2-4-7(8)5-3-6/h1-7H. The van der Waals surface area contributed by atoms with Crippen molar-refractivity contribution >= 4 is 11.6 Å². The fourth-order valence-electron chi connectivity index (χ4n) is 0.597. The first kappa shape index (κ1) is 5.90. The van der Waals surface area contributed by atoms with Crippen LogP contribution in [-0.2, 0) is 0 Å². The molecule has 0 heterocycles. The van der Waals surface area contributed by atoms with E-state index in [9.17, 15) is 0 Å². The van der Waals surface area contributed by atoms with E-state index in [-0.39, 0.29) is 11.3 Å². The highest BCUT2D eigenvalue weighted by Crippen LogP contribution is 2.11. The fraction of sp³-hybridized carbons (Fsp3) is 0.286. The molecule has 0 nitrogen and oxygen atoms in total. The van der Waals surface area contributed by atoms with Gasteiger partial charge in [0.2, 0.25) is 0 Å². The van der Waals surface area contributed by atoms with Crippen LogP contribution in [0.15, 0.2) is 24.3 Å². The Morgan fingerprint density at radius 1 is 1.12 bits per heavy atom. The van der Waals surface area contributed by atoms with Gasteiger partial charge in [0.25, 0.3) is 0 Å². The molecule has 0 aromatic heterocycles. The molecular weight excluding hydrogens is 120 g/mol. The van der Waals surface area contributed by atoms with E-state index in [0.29, 0.717) is 0 Å². The molecule has 0 aromatic rings. The first-order valence-corrected chi connectivity index (χ1v) is 2.99. The van der Waals surface area contributed by atoms with Gasteiger partial charge in [0.05, 0.1) is 5.38 Å². The molecule has 0 amide bonds. The Morgan fingerprint density at radius 2 is 1.62 bits per heavy atom. The summed E-state index contributed by atoms with van der Waals surface area (Å²) >= 11 is 5.65. The predicted molar refractivity (Wildman–Crippen MR) is 35.7 cm³/mol. The van der Waals surface area contributed by atoms with Gasteiger partial charge in [-0.15, -0.1) is 11.6 Å². The second kappa shape index (κ2) is 2.36. The maximum atomic E-state index is 5.65. The minimum absolute atomic E-state index is 0.0507. The molecule has 0 aliphatic heterocycles. The average molecular weight is 127 g/mol. The van der Waals surface area contributed by atoms with Gasteiger partial charge in [-0.2, -0.15) is 0 Å². The van der Waals surface area contributed by atoms with Crippen LogP contribution in [-0.4, -0.2) is 5.38 Å². The van der Waals surface area contributed by atoms with Crippen LogP contribution >= 0.6 is 11.6 Å². The summed E-state index contributed by atoms with van der Waals surface area (Å²) in [6, 6.07) is 0. The summed E-state index contributed by atoms with van der Waals surface area (Å²) in [5, 5.41) is 0.0507. The number of hydrogen-bond acceptors (Lipinski definition) is 0. The van der Waals surface area contributed by atoms with E-state index in [0.717, 1.165) is 0 Å². The van der Waals surface area contributed by atoms with E-state index in [4.69, 9.17) is 18.5 Å². The van der Waals surface area contributed by atoms with Crippen molar-refractivity contribution < 1.29 is 0 Å². The third-order valence-electron chi connectivity index (χ3n) is 1.03. The van der Waals surface area contributed by atoms with Crippen LogP contribution in [0.5, 0.6) is 0 Å². The molecule has 1 aliphatic carbocycles. The van der Waals surface area contributed by atoms with Crippen molar-refractivity contribution in [3.05, 3.63) is 31.2 Å². The van der Waals surface area contributed by atoms with Crippen LogP contribution in [0.3, 0.4) is 0 Å².